The fraction of sp³-hybridized carbons (Fsp3) is 0.0395. The lowest BCUT2D eigenvalue weighted by Crippen LogP contribution is -2.55. The van der Waals surface area contributed by atoms with E-state index in [2.05, 4.69) is 240 Å². The molecule has 0 spiro atoms. The molecule has 0 unspecified atom stereocenters. The van der Waals surface area contributed by atoms with Crippen LogP contribution in [0.1, 0.15) is 16.7 Å². The van der Waals surface area contributed by atoms with Gasteiger partial charge in [0.25, 0.3) is 6.71 Å². The third-order valence-electron chi connectivity index (χ3n) is 18.1. The predicted octanol–water partition coefficient (Wildman–Crippen LogP) is 18.7. The fourth-order valence-electron chi connectivity index (χ4n) is 14.6. The summed E-state index contributed by atoms with van der Waals surface area (Å²) in [5.74, 6) is 1.58. The molecule has 0 aliphatic carbocycles. The lowest BCUT2D eigenvalue weighted by atomic mass is 9.35. The van der Waals surface area contributed by atoms with Crippen molar-refractivity contribution in [3.63, 3.8) is 0 Å². The van der Waals surface area contributed by atoms with Gasteiger partial charge in [-0.05, 0) is 155 Å². The van der Waals surface area contributed by atoms with Gasteiger partial charge in [0.1, 0.15) is 33.8 Å². The number of aromatic amines is 1. The van der Waals surface area contributed by atoms with Gasteiger partial charge in [0, 0.05) is 60.0 Å². The number of aromatic nitrogens is 3. The molecular weight excluding hydrogens is 1030 g/mol. The van der Waals surface area contributed by atoms with E-state index in [1.165, 1.54) is 43.8 Å². The van der Waals surface area contributed by atoms with E-state index < -0.39 is 0 Å². The number of benzene rings is 12. The number of hydrogen-bond donors (Lipinski definition) is 1. The lowest BCUT2D eigenvalue weighted by Gasteiger charge is -2.28. The molecule has 0 amide bonds. The molecule has 1 aliphatic rings. The summed E-state index contributed by atoms with van der Waals surface area (Å²) in [4.78, 5) is 7.73. The number of nitrogens with one attached hydrogen (secondary N) is 1. The summed E-state index contributed by atoms with van der Waals surface area (Å²) in [7, 11) is 0. The van der Waals surface area contributed by atoms with Gasteiger partial charge >= 0.3 is 0 Å². The molecule has 1 N–H and O–H groups in total. The Balaban J connectivity index is 0.937. The maximum absolute atomic E-state index is 7.63. The molecule has 18 rings (SSSR count). The Morgan fingerprint density at radius 1 is 0.417 bits per heavy atom. The fourth-order valence-corrected chi connectivity index (χ4v) is 14.6. The molecule has 0 saturated carbocycles. The quantitative estimate of drug-likeness (QED) is 0.138. The van der Waals surface area contributed by atoms with Gasteiger partial charge in [-0.3, -0.25) is 0 Å². The monoisotopic (exact) mass is 1070 g/mol. The SMILES string of the molecule is [C-]#[N+]c1ccc(-c2ccc3c(c2)Oc2ccc(-c4c(C)cc(C)cc4C)cc2B3c2cc3c4cc(-n5c6ccccc6c6ccccc65)ccc4oc3c3c2[nH]c2ccc4c5cc(-n6c7ccccc7c7ccccc76)ccc5oc4c23)cc1. The predicted molar refractivity (Wildman–Crippen MR) is 348 cm³/mol. The minimum atomic E-state index is -0.307. The highest BCUT2D eigenvalue weighted by atomic mass is 16.5. The number of H-pyrrole nitrogens is 1. The van der Waals surface area contributed by atoms with Crippen molar-refractivity contribution in [3.8, 4) is 45.1 Å². The molecule has 5 aromatic heterocycles. The highest BCUT2D eigenvalue weighted by Crippen LogP contribution is 2.45. The number of hydrogen-bond acceptors (Lipinski definition) is 3. The van der Waals surface area contributed by atoms with Gasteiger partial charge in [0.15, 0.2) is 5.69 Å². The summed E-state index contributed by atoms with van der Waals surface area (Å²) in [5, 5.41) is 10.9. The Morgan fingerprint density at radius 2 is 0.964 bits per heavy atom. The van der Waals surface area contributed by atoms with Crippen molar-refractivity contribution < 1.29 is 13.6 Å². The molecule has 0 bridgehead atoms. The molecule has 8 heteroatoms. The molecule has 0 atom stereocenters. The van der Waals surface area contributed by atoms with Crippen LogP contribution in [-0.2, 0) is 0 Å². The van der Waals surface area contributed by atoms with Crippen molar-refractivity contribution in [1.29, 1.82) is 0 Å². The average molecular weight is 1080 g/mol. The first-order valence-corrected chi connectivity index (χ1v) is 28.6. The zero-order valence-corrected chi connectivity index (χ0v) is 46.0. The highest BCUT2D eigenvalue weighted by molar-refractivity contribution is 6.98. The van der Waals surface area contributed by atoms with Gasteiger partial charge in [0.2, 0.25) is 0 Å². The van der Waals surface area contributed by atoms with Gasteiger partial charge in [-0.2, -0.15) is 0 Å². The van der Waals surface area contributed by atoms with Crippen LogP contribution < -0.4 is 21.1 Å². The second kappa shape index (κ2) is 17.3. The molecule has 1 aliphatic heterocycles. The minimum Gasteiger partial charge on any atom is -0.458 e. The normalized spacial score (nSPS) is 12.5. The molecule has 17 aromatic rings. The Hall–Kier alpha value is -11.0. The van der Waals surface area contributed by atoms with E-state index in [0.717, 1.165) is 144 Å². The second-order valence-electron chi connectivity index (χ2n) is 22.9. The molecule has 0 saturated heterocycles. The first kappa shape index (κ1) is 46.7. The van der Waals surface area contributed by atoms with Crippen LogP contribution in [0.3, 0.4) is 0 Å². The number of fused-ring (bicyclic) bond motifs is 19. The van der Waals surface area contributed by atoms with E-state index >= 15 is 0 Å². The van der Waals surface area contributed by atoms with E-state index in [4.69, 9.17) is 20.1 Å². The maximum Gasteiger partial charge on any atom is 0.253 e. The van der Waals surface area contributed by atoms with E-state index in [-0.39, 0.29) is 6.71 Å². The van der Waals surface area contributed by atoms with Crippen molar-refractivity contribution in [3.05, 3.63) is 253 Å². The van der Waals surface area contributed by atoms with Crippen molar-refractivity contribution >= 4 is 138 Å². The first-order valence-electron chi connectivity index (χ1n) is 28.6. The van der Waals surface area contributed by atoms with Gasteiger partial charge < -0.3 is 27.7 Å². The third kappa shape index (κ3) is 6.58. The van der Waals surface area contributed by atoms with Crippen LogP contribution in [0.25, 0.3) is 148 Å². The maximum atomic E-state index is 7.63. The number of ether oxygens (including phenoxy) is 1. The Morgan fingerprint density at radius 3 is 1.56 bits per heavy atom. The summed E-state index contributed by atoms with van der Waals surface area (Å²) in [6.45, 7) is 13.9. The van der Waals surface area contributed by atoms with E-state index in [0.29, 0.717) is 5.69 Å². The summed E-state index contributed by atoms with van der Waals surface area (Å²) >= 11 is 0. The third-order valence-corrected chi connectivity index (χ3v) is 18.1. The summed E-state index contributed by atoms with van der Waals surface area (Å²) in [6, 6.07) is 80.4. The zero-order chi connectivity index (χ0) is 55.6. The smallest absolute Gasteiger partial charge is 0.253 e. The molecule has 12 aromatic carbocycles. The van der Waals surface area contributed by atoms with Crippen LogP contribution in [0.5, 0.6) is 11.5 Å². The zero-order valence-electron chi connectivity index (χ0n) is 46.0. The van der Waals surface area contributed by atoms with Crippen molar-refractivity contribution in [2.45, 2.75) is 20.8 Å². The molecule has 6 heterocycles. The lowest BCUT2D eigenvalue weighted by molar-refractivity contribution is 0.488. The Bertz CT molecular complexity index is 5650. The number of rotatable bonds is 5. The molecule has 7 nitrogen and oxygen atoms in total. The van der Waals surface area contributed by atoms with Crippen LogP contribution in [0.15, 0.2) is 233 Å². The molecule has 0 fully saturated rings. The Kier molecular flexibility index (Phi) is 9.60. The summed E-state index contributed by atoms with van der Waals surface area (Å²) in [5.41, 5.74) is 23.7. The topological polar surface area (TPSA) is 65.5 Å². The van der Waals surface area contributed by atoms with Crippen LogP contribution in [0.2, 0.25) is 0 Å². The van der Waals surface area contributed by atoms with Crippen LogP contribution in [-0.4, -0.2) is 20.8 Å². The summed E-state index contributed by atoms with van der Waals surface area (Å²) < 4.78 is 26.4. The van der Waals surface area contributed by atoms with Crippen LogP contribution in [0, 0.1) is 27.3 Å². The van der Waals surface area contributed by atoms with Crippen LogP contribution in [0.4, 0.5) is 5.69 Å². The van der Waals surface area contributed by atoms with E-state index in [9.17, 15) is 0 Å². The van der Waals surface area contributed by atoms with Gasteiger partial charge in [-0.1, -0.05) is 145 Å². The first-order chi connectivity index (χ1) is 41.3. The number of aryl methyl sites for hydroxylation is 3. The van der Waals surface area contributed by atoms with Crippen molar-refractivity contribution in [2.75, 3.05) is 0 Å². The van der Waals surface area contributed by atoms with Crippen LogP contribution >= 0.6 is 0 Å². The van der Waals surface area contributed by atoms with E-state index in [1.807, 2.05) is 24.3 Å². The second-order valence-corrected chi connectivity index (χ2v) is 22.9. The van der Waals surface area contributed by atoms with E-state index in [1.54, 1.807) is 0 Å². The Labute approximate surface area is 481 Å². The average Bonchev–Trinajstić information content (AvgIpc) is 1.98. The molecule has 84 heavy (non-hydrogen) atoms. The standard InChI is InChI=1S/C76H47BN4O3/c1-42-35-43(2)71(44(3)36-42)47-24-32-69-60(37-47)77(59-30-23-46(38-70(59)82-69)45-21-25-48(78-4)26-22-45)61-41-58-57-40-50(81-65-19-11-7-15-53(65)54-16-8-12-20-66(54)81)28-34-68(57)84-76(58)73-72-62(79-74(61)73)31-29-55-56-39-49(27-33-67(56)83-75(55)72)80-63-17-9-5-13-51(63)52-14-6-10-18-64(52)80/h5-41,79H,1-3H3. The van der Waals surface area contributed by atoms with Gasteiger partial charge in [0.05, 0.1) is 44.9 Å². The summed E-state index contributed by atoms with van der Waals surface area (Å²) in [6.07, 6.45) is 0. The van der Waals surface area contributed by atoms with Crippen molar-refractivity contribution in [1.82, 2.24) is 14.1 Å². The minimum absolute atomic E-state index is 0.307. The molecular formula is C76H47BN4O3. The van der Waals surface area contributed by atoms with Gasteiger partial charge in [-0.25, -0.2) is 4.85 Å². The highest BCUT2D eigenvalue weighted by Gasteiger charge is 2.37. The number of para-hydroxylation sites is 4. The number of nitrogens with zero attached hydrogens (tertiary/aromatic N) is 3. The number of furan rings is 2. The molecule has 0 radical (unpaired) electrons. The molecule has 392 valence electrons. The van der Waals surface area contributed by atoms with Crippen molar-refractivity contribution in [2.24, 2.45) is 0 Å². The van der Waals surface area contributed by atoms with Gasteiger partial charge in [-0.15, -0.1) is 0 Å². The largest absolute Gasteiger partial charge is 0.458 e.